The van der Waals surface area contributed by atoms with Gasteiger partial charge in [-0.25, -0.2) is 4.79 Å². The Balaban J connectivity index is 0. The zero-order valence-corrected chi connectivity index (χ0v) is 4.39. The summed E-state index contributed by atoms with van der Waals surface area (Å²) in [6.45, 7) is 0. The Morgan fingerprint density at radius 1 is 1.43 bits per heavy atom. The first-order valence-corrected chi connectivity index (χ1v) is 2.13. The summed E-state index contributed by atoms with van der Waals surface area (Å²) >= 11 is -1.50. The van der Waals surface area contributed by atoms with Crippen LogP contribution in [0, 0.1) is 0 Å². The molecule has 0 radical (unpaired) electrons. The van der Waals surface area contributed by atoms with E-state index in [0.29, 0.717) is 0 Å². The van der Waals surface area contributed by atoms with E-state index in [1.165, 1.54) is 0 Å². The van der Waals surface area contributed by atoms with Crippen LogP contribution in [0.3, 0.4) is 0 Å². The van der Waals surface area contributed by atoms with Crippen LogP contribution >= 0.6 is 0 Å². The van der Waals surface area contributed by atoms with E-state index in [9.17, 15) is 0 Å². The number of carboxylic acid groups (broad SMARTS) is 2. The van der Waals surface area contributed by atoms with Crippen LogP contribution in [0.5, 0.6) is 0 Å². The van der Waals surface area contributed by atoms with Gasteiger partial charge in [0.25, 0.3) is 0 Å². The molecule has 6 heteroatoms. The van der Waals surface area contributed by atoms with Gasteiger partial charge in [0.05, 0.1) is 0 Å². The van der Waals surface area contributed by atoms with E-state index in [2.05, 4.69) is 0 Å². The zero-order valence-electron chi connectivity index (χ0n) is 3.24. The Hall–Kier alpha value is -0.598. The molecule has 7 heavy (non-hydrogen) atoms. The fraction of sp³-hybridized carbons (Fsp3) is 0. The molecule has 3 N–H and O–H groups in total. The number of rotatable bonds is 0. The molecule has 0 heterocycles. The molecule has 0 rings (SSSR count). The quantitative estimate of drug-likeness (QED) is 0.364. The number of carbonyl (C=O) groups is 1. The van der Waals surface area contributed by atoms with Crippen molar-refractivity contribution in [2.75, 3.05) is 0 Å². The van der Waals surface area contributed by atoms with E-state index in [4.69, 9.17) is 23.0 Å². The van der Waals surface area contributed by atoms with Gasteiger partial charge in [-0.15, -0.1) is 0 Å². The predicted molar refractivity (Wildman–Crippen MR) is 19.3 cm³/mol. The SMILES string of the molecule is O=C(O)O.[O]=[Al][OH]. The standard InChI is InChI=1S/CH2O3.Al.H2O.O/c2-1(3)4;;;/h(H2,2,3,4);;1H2;/q;+1;;/p-1. The predicted octanol–water partition coefficient (Wildman–Crippen LogP) is -0.834. The molecule has 0 unspecified atom stereocenters. The summed E-state index contributed by atoms with van der Waals surface area (Å²) in [5.74, 6) is 0. The molecule has 5 nitrogen and oxygen atoms in total. The first kappa shape index (κ1) is 9.64. The van der Waals surface area contributed by atoms with E-state index >= 15 is 0 Å². The van der Waals surface area contributed by atoms with Crippen molar-refractivity contribution in [2.45, 2.75) is 0 Å². The average Bonchev–Trinajstić information content (AvgIpc) is 1.33. The second-order valence-corrected chi connectivity index (χ2v) is 0.599. The molecule has 0 aliphatic carbocycles. The van der Waals surface area contributed by atoms with Crippen molar-refractivity contribution >= 4 is 21.6 Å². The second-order valence-electron chi connectivity index (χ2n) is 0.388. The van der Waals surface area contributed by atoms with Crippen LogP contribution < -0.4 is 0 Å². The van der Waals surface area contributed by atoms with E-state index < -0.39 is 21.6 Å². The van der Waals surface area contributed by atoms with Gasteiger partial charge >= 0.3 is 29.6 Å². The van der Waals surface area contributed by atoms with Gasteiger partial charge in [-0.1, -0.05) is 0 Å². The topological polar surface area (TPSA) is 94.8 Å². The molecule has 0 aromatic carbocycles. The van der Waals surface area contributed by atoms with Crippen molar-refractivity contribution in [3.05, 3.63) is 0 Å². The molecule has 0 aliphatic rings. The summed E-state index contributed by atoms with van der Waals surface area (Å²) in [5, 5.41) is 13.9. The summed E-state index contributed by atoms with van der Waals surface area (Å²) in [6, 6.07) is 0. The summed E-state index contributed by atoms with van der Waals surface area (Å²) < 4.78 is 15.7. The van der Waals surface area contributed by atoms with Crippen molar-refractivity contribution in [3.8, 4) is 0 Å². The number of hydrogen-bond donors (Lipinski definition) is 3. The van der Waals surface area contributed by atoms with Crippen LogP contribution in [0.15, 0.2) is 0 Å². The van der Waals surface area contributed by atoms with E-state index in [1.54, 1.807) is 0 Å². The van der Waals surface area contributed by atoms with Crippen LogP contribution in [0.1, 0.15) is 0 Å². The minimum absolute atomic E-state index is 1.50. The molecule has 0 spiro atoms. The third-order valence-corrected chi connectivity index (χ3v) is 0. The van der Waals surface area contributed by atoms with Gasteiger partial charge in [-0.2, -0.15) is 0 Å². The van der Waals surface area contributed by atoms with Gasteiger partial charge < -0.3 is 10.2 Å². The summed E-state index contributed by atoms with van der Waals surface area (Å²) in [6.07, 6.45) is -1.83. The van der Waals surface area contributed by atoms with Crippen LogP contribution in [0.25, 0.3) is 0 Å². The van der Waals surface area contributed by atoms with Gasteiger partial charge in [-0.05, 0) is 0 Å². The molecule has 0 aromatic rings. The van der Waals surface area contributed by atoms with Crippen LogP contribution in [-0.2, 0) is 3.80 Å². The van der Waals surface area contributed by atoms with Gasteiger partial charge in [-0.3, -0.25) is 0 Å². The summed E-state index contributed by atoms with van der Waals surface area (Å²) in [5.41, 5.74) is 0. The Labute approximate surface area is 45.5 Å². The molecule has 0 atom stereocenters. The Morgan fingerprint density at radius 3 is 1.43 bits per heavy atom. The van der Waals surface area contributed by atoms with Crippen molar-refractivity contribution in [1.29, 1.82) is 0 Å². The monoisotopic (exact) mass is 122 g/mol. The fourth-order valence-corrected chi connectivity index (χ4v) is 0. The molecule has 0 saturated heterocycles. The van der Waals surface area contributed by atoms with E-state index in [1.807, 2.05) is 0 Å². The van der Waals surface area contributed by atoms with Gasteiger partial charge in [0.2, 0.25) is 0 Å². The average molecular weight is 122 g/mol. The van der Waals surface area contributed by atoms with Crippen LogP contribution in [0.2, 0.25) is 0 Å². The summed E-state index contributed by atoms with van der Waals surface area (Å²) in [7, 11) is 0. The molecule has 0 saturated carbocycles. The molecule has 0 amide bonds. The Kier molecular flexibility index (Phi) is 12.5. The van der Waals surface area contributed by atoms with Crippen molar-refractivity contribution in [1.82, 2.24) is 0 Å². The maximum absolute atomic E-state index is 8.57. The maximum atomic E-state index is 8.57. The first-order chi connectivity index (χ1) is 3.15. The zero-order chi connectivity index (χ0) is 6.28. The molecule has 0 bridgehead atoms. The normalized spacial score (nSPS) is 4.57. The fourth-order valence-electron chi connectivity index (χ4n) is 0. The first-order valence-electron chi connectivity index (χ1n) is 1.15. The third kappa shape index (κ3) is 175. The third-order valence-electron chi connectivity index (χ3n) is 0. The van der Waals surface area contributed by atoms with Crippen molar-refractivity contribution in [2.24, 2.45) is 0 Å². The van der Waals surface area contributed by atoms with Gasteiger partial charge in [0, 0.05) is 0 Å². The Bertz CT molecular complexity index is 55.1. The molecule has 0 aliphatic heterocycles. The molecule has 0 aromatic heterocycles. The Morgan fingerprint density at radius 2 is 1.43 bits per heavy atom. The molecule has 0 fully saturated rings. The molecule has 40 valence electrons. The minimum atomic E-state index is -1.83. The van der Waals surface area contributed by atoms with Gasteiger partial charge in [0.1, 0.15) is 0 Å². The summed E-state index contributed by atoms with van der Waals surface area (Å²) in [4.78, 5) is 8.56. The molecular formula is CH3AlO5. The van der Waals surface area contributed by atoms with Crippen LogP contribution in [-0.4, -0.2) is 36.0 Å². The van der Waals surface area contributed by atoms with Crippen molar-refractivity contribution < 1.29 is 23.0 Å². The molecular weight excluding hydrogens is 119 g/mol. The van der Waals surface area contributed by atoms with E-state index in [0.717, 1.165) is 0 Å². The van der Waals surface area contributed by atoms with E-state index in [-0.39, 0.29) is 0 Å². The second kappa shape index (κ2) is 9.04. The van der Waals surface area contributed by atoms with Crippen LogP contribution in [0.4, 0.5) is 4.79 Å². The van der Waals surface area contributed by atoms with Crippen molar-refractivity contribution in [3.63, 3.8) is 0 Å². The van der Waals surface area contributed by atoms with Gasteiger partial charge in [0.15, 0.2) is 0 Å². The number of hydrogen-bond acceptors (Lipinski definition) is 2.